The molecule has 0 bridgehead atoms. The fourth-order valence-electron chi connectivity index (χ4n) is 0.875. The summed E-state index contributed by atoms with van der Waals surface area (Å²) in [5.74, 6) is 0. The first-order valence-corrected chi connectivity index (χ1v) is 3.56. The molecule has 0 spiro atoms. The van der Waals surface area contributed by atoms with E-state index in [-0.39, 0.29) is 29.4 Å². The summed E-state index contributed by atoms with van der Waals surface area (Å²) < 4.78 is 5.01. The van der Waals surface area contributed by atoms with E-state index >= 15 is 0 Å². The Hall–Kier alpha value is 0.504. The number of aliphatic hydroxyl groups is 1. The van der Waals surface area contributed by atoms with Gasteiger partial charge < -0.3 is 9.84 Å². The van der Waals surface area contributed by atoms with Gasteiger partial charge in [-0.3, -0.25) is 0 Å². The van der Waals surface area contributed by atoms with Crippen LogP contribution in [0.4, 0.5) is 0 Å². The van der Waals surface area contributed by atoms with Gasteiger partial charge in [0.15, 0.2) is 0 Å². The van der Waals surface area contributed by atoms with E-state index in [0.29, 0.717) is 0 Å². The van der Waals surface area contributed by atoms with Crippen LogP contribution in [0.1, 0.15) is 27.7 Å². The molecule has 1 heterocycles. The first kappa shape index (κ1) is 11.5. The van der Waals surface area contributed by atoms with Crippen LogP contribution in [0.15, 0.2) is 0 Å². The summed E-state index contributed by atoms with van der Waals surface area (Å²) in [6.07, 6.45) is -0.650. The topological polar surface area (TPSA) is 29.5 Å². The molecular formula is C8H15O2V-. The van der Waals surface area contributed by atoms with Crippen molar-refractivity contribution in [2.75, 3.05) is 0 Å². The van der Waals surface area contributed by atoms with E-state index in [9.17, 15) is 5.11 Å². The first-order chi connectivity index (χ1) is 4.38. The zero-order chi connectivity index (χ0) is 7.99. The molecule has 65 valence electrons. The van der Waals surface area contributed by atoms with Crippen molar-refractivity contribution in [2.45, 2.75) is 34.0 Å². The Bertz CT molecular complexity index is 143. The fraction of sp³-hybridized carbons (Fsp3) is 0.875. The van der Waals surface area contributed by atoms with Crippen LogP contribution in [0.3, 0.4) is 0 Å². The molecule has 1 rings (SSSR count). The zero-order valence-corrected chi connectivity index (χ0v) is 8.85. The maximum absolute atomic E-state index is 9.34. The molecule has 1 aliphatic rings. The molecule has 0 saturated carbocycles. The van der Waals surface area contributed by atoms with Crippen LogP contribution in [-0.2, 0) is 23.3 Å². The molecule has 1 aliphatic heterocycles. The minimum absolute atomic E-state index is 0. The Labute approximate surface area is 80.2 Å². The largest absolute Gasteiger partial charge is 0.529 e. The van der Waals surface area contributed by atoms with E-state index in [1.807, 2.05) is 13.8 Å². The average Bonchev–Trinajstić information content (AvgIpc) is 1.94. The van der Waals surface area contributed by atoms with Crippen molar-refractivity contribution in [1.82, 2.24) is 0 Å². The first-order valence-electron chi connectivity index (χ1n) is 3.56. The molecule has 11 heavy (non-hydrogen) atoms. The summed E-state index contributed by atoms with van der Waals surface area (Å²) in [5, 5.41) is 9.34. The van der Waals surface area contributed by atoms with Gasteiger partial charge in [-0.1, -0.05) is 27.7 Å². The molecule has 1 fully saturated rings. The number of aliphatic hydroxyl groups excluding tert-OH is 1. The van der Waals surface area contributed by atoms with Crippen molar-refractivity contribution >= 4 is 0 Å². The quantitative estimate of drug-likeness (QED) is 0.593. The second kappa shape index (κ2) is 3.10. The van der Waals surface area contributed by atoms with Gasteiger partial charge in [0.05, 0.1) is 0 Å². The zero-order valence-electron chi connectivity index (χ0n) is 7.46. The standard InChI is InChI=1S/C8H15O2.V/c1-7(2)5-10-6(9)8(7,3)4;/h5-6,9H,1-4H3;/q-1;. The molecule has 0 amide bonds. The van der Waals surface area contributed by atoms with Crippen LogP contribution in [0.2, 0.25) is 0 Å². The van der Waals surface area contributed by atoms with Crippen LogP contribution in [0.5, 0.6) is 0 Å². The Morgan fingerprint density at radius 2 is 1.73 bits per heavy atom. The van der Waals surface area contributed by atoms with E-state index in [2.05, 4.69) is 13.8 Å². The van der Waals surface area contributed by atoms with Crippen LogP contribution < -0.4 is 0 Å². The van der Waals surface area contributed by atoms with Gasteiger partial charge in [-0.2, -0.15) is 0 Å². The summed E-state index contributed by atoms with van der Waals surface area (Å²) in [7, 11) is 0. The van der Waals surface area contributed by atoms with E-state index in [1.54, 1.807) is 6.61 Å². The number of hydrogen-bond acceptors (Lipinski definition) is 2. The van der Waals surface area contributed by atoms with Crippen LogP contribution >= 0.6 is 0 Å². The van der Waals surface area contributed by atoms with E-state index in [0.717, 1.165) is 0 Å². The molecule has 0 aromatic carbocycles. The summed E-state index contributed by atoms with van der Waals surface area (Å²) in [6, 6.07) is 0. The molecule has 1 saturated heterocycles. The molecular weight excluding hydrogens is 179 g/mol. The minimum atomic E-state index is -0.650. The molecule has 0 aliphatic carbocycles. The van der Waals surface area contributed by atoms with Crippen LogP contribution in [-0.4, -0.2) is 11.4 Å². The van der Waals surface area contributed by atoms with Crippen molar-refractivity contribution < 1.29 is 28.4 Å². The number of ether oxygens (including phenoxy) is 1. The monoisotopic (exact) mass is 194 g/mol. The molecule has 3 heteroatoms. The molecule has 0 aromatic rings. The van der Waals surface area contributed by atoms with Gasteiger partial charge in [-0.15, -0.1) is 5.41 Å². The summed E-state index contributed by atoms with van der Waals surface area (Å²) in [4.78, 5) is 0. The Balaban J connectivity index is 0.000001000. The maximum Gasteiger partial charge on any atom is 0.128 e. The van der Waals surface area contributed by atoms with Gasteiger partial charge in [-0.25, -0.2) is 6.61 Å². The van der Waals surface area contributed by atoms with E-state index in [4.69, 9.17) is 4.74 Å². The minimum Gasteiger partial charge on any atom is -0.529 e. The second-order valence-electron chi connectivity index (χ2n) is 4.05. The summed E-state index contributed by atoms with van der Waals surface area (Å²) >= 11 is 0. The van der Waals surface area contributed by atoms with Crippen molar-refractivity contribution in [3.8, 4) is 0 Å². The van der Waals surface area contributed by atoms with Gasteiger partial charge in [0.25, 0.3) is 0 Å². The number of hydrogen-bond donors (Lipinski definition) is 1. The van der Waals surface area contributed by atoms with Gasteiger partial charge in [0.2, 0.25) is 0 Å². The molecule has 1 atom stereocenters. The Kier molecular flexibility index (Phi) is 3.24. The van der Waals surface area contributed by atoms with E-state index < -0.39 is 6.29 Å². The molecule has 1 unspecified atom stereocenters. The number of rotatable bonds is 0. The predicted octanol–water partition coefficient (Wildman–Crippen LogP) is 1.55. The molecule has 2 nitrogen and oxygen atoms in total. The third-order valence-electron chi connectivity index (χ3n) is 2.77. The maximum atomic E-state index is 9.34. The normalized spacial score (nSPS) is 33.0. The fourth-order valence-corrected chi connectivity index (χ4v) is 0.875. The second-order valence-corrected chi connectivity index (χ2v) is 4.05. The molecule has 0 aromatic heterocycles. The Morgan fingerprint density at radius 3 is 1.82 bits per heavy atom. The van der Waals surface area contributed by atoms with Crippen LogP contribution in [0, 0.1) is 17.4 Å². The molecule has 1 radical (unpaired) electrons. The van der Waals surface area contributed by atoms with Gasteiger partial charge >= 0.3 is 0 Å². The van der Waals surface area contributed by atoms with Gasteiger partial charge in [0, 0.05) is 18.6 Å². The van der Waals surface area contributed by atoms with Crippen molar-refractivity contribution in [2.24, 2.45) is 10.8 Å². The Morgan fingerprint density at radius 1 is 1.27 bits per heavy atom. The third-order valence-corrected chi connectivity index (χ3v) is 2.77. The third kappa shape index (κ3) is 1.64. The smallest absolute Gasteiger partial charge is 0.128 e. The SMILES string of the molecule is CC1(C)[CH-]OC(O)C1(C)C.[V]. The summed E-state index contributed by atoms with van der Waals surface area (Å²) in [5.41, 5.74) is -0.209. The summed E-state index contributed by atoms with van der Waals surface area (Å²) in [6.45, 7) is 9.84. The van der Waals surface area contributed by atoms with Crippen molar-refractivity contribution in [3.05, 3.63) is 6.61 Å². The molecule has 1 N–H and O–H groups in total. The van der Waals surface area contributed by atoms with Gasteiger partial charge in [0.1, 0.15) is 6.29 Å². The van der Waals surface area contributed by atoms with E-state index in [1.165, 1.54) is 0 Å². The van der Waals surface area contributed by atoms with Gasteiger partial charge in [-0.05, 0) is 5.41 Å². The van der Waals surface area contributed by atoms with Crippen molar-refractivity contribution in [3.63, 3.8) is 0 Å². The predicted molar refractivity (Wildman–Crippen MR) is 39.0 cm³/mol. The van der Waals surface area contributed by atoms with Crippen molar-refractivity contribution in [1.29, 1.82) is 0 Å². The average molecular weight is 194 g/mol. The van der Waals surface area contributed by atoms with Crippen LogP contribution in [0.25, 0.3) is 0 Å².